The van der Waals surface area contributed by atoms with Crippen LogP contribution in [0.4, 0.5) is 13.2 Å². The molecule has 0 aliphatic carbocycles. The maximum Gasteiger partial charge on any atom is 0.432 e. The van der Waals surface area contributed by atoms with Crippen LogP contribution >= 0.6 is 0 Å². The summed E-state index contributed by atoms with van der Waals surface area (Å²) in [5.41, 5.74) is 0.0817. The number of aromatic amines is 1. The van der Waals surface area contributed by atoms with E-state index in [1.807, 2.05) is 6.07 Å². The third-order valence-corrected chi connectivity index (χ3v) is 4.40. The van der Waals surface area contributed by atoms with Crippen LogP contribution in [0.15, 0.2) is 30.2 Å². The average molecular weight is 314 g/mol. The zero-order valence-electron chi connectivity index (χ0n) is 12.3. The molecule has 1 atom stereocenters. The number of hydrogen-bond donors (Lipinski definition) is 3. The molecule has 2 aliphatic rings. The summed E-state index contributed by atoms with van der Waals surface area (Å²) in [6.45, 7) is 2.64. The van der Waals surface area contributed by atoms with E-state index in [9.17, 15) is 13.2 Å². The second-order valence-corrected chi connectivity index (χ2v) is 5.93. The number of nitrogens with one attached hydrogen (secondary N) is 3. The van der Waals surface area contributed by atoms with Gasteiger partial charge in [0.15, 0.2) is 0 Å². The Bertz CT molecular complexity index is 503. The summed E-state index contributed by atoms with van der Waals surface area (Å²) in [5, 5.41) is 5.90. The van der Waals surface area contributed by atoms with Crippen molar-refractivity contribution in [2.24, 2.45) is 5.92 Å². The molecule has 0 spiro atoms. The van der Waals surface area contributed by atoms with Gasteiger partial charge < -0.3 is 20.5 Å². The van der Waals surface area contributed by atoms with E-state index in [0.717, 1.165) is 38.0 Å². The van der Waals surface area contributed by atoms with Crippen molar-refractivity contribution in [3.05, 3.63) is 35.9 Å². The number of hydrogen-bond acceptors (Lipinski definition) is 3. The van der Waals surface area contributed by atoms with Gasteiger partial charge in [-0.15, -0.1) is 0 Å². The standard InChI is InChI=1S/C15H21F3N4/c16-15(17,18)13-10-22(9-5-11-3-7-19-8-4-11)14(21-13)12-2-1-6-20-12/h1-2,6,10-11,14,19-21H,3-5,7-9H2. The van der Waals surface area contributed by atoms with E-state index in [0.29, 0.717) is 12.5 Å². The van der Waals surface area contributed by atoms with Crippen LogP contribution in [-0.4, -0.2) is 35.7 Å². The van der Waals surface area contributed by atoms with Gasteiger partial charge in [0.05, 0.1) is 5.69 Å². The van der Waals surface area contributed by atoms with Gasteiger partial charge in [-0.2, -0.15) is 13.2 Å². The minimum atomic E-state index is -4.34. The van der Waals surface area contributed by atoms with Gasteiger partial charge in [-0.05, 0) is 50.4 Å². The summed E-state index contributed by atoms with van der Waals surface area (Å²) in [5.74, 6) is 0.592. The minimum Gasteiger partial charge on any atom is -0.362 e. The molecule has 1 aromatic rings. The van der Waals surface area contributed by atoms with Gasteiger partial charge in [-0.3, -0.25) is 0 Å². The first-order valence-electron chi connectivity index (χ1n) is 7.69. The second-order valence-electron chi connectivity index (χ2n) is 5.93. The predicted octanol–water partition coefficient (Wildman–Crippen LogP) is 2.71. The average Bonchev–Trinajstić information content (AvgIpc) is 3.14. The zero-order valence-corrected chi connectivity index (χ0v) is 12.3. The first-order valence-corrected chi connectivity index (χ1v) is 7.69. The molecule has 7 heteroatoms. The molecule has 2 aliphatic heterocycles. The molecule has 3 heterocycles. The summed E-state index contributed by atoms with van der Waals surface area (Å²) >= 11 is 0. The van der Waals surface area contributed by atoms with E-state index < -0.39 is 18.0 Å². The molecule has 3 rings (SSSR count). The van der Waals surface area contributed by atoms with Crippen LogP contribution in [0.2, 0.25) is 0 Å². The van der Waals surface area contributed by atoms with Crippen molar-refractivity contribution >= 4 is 0 Å². The van der Waals surface area contributed by atoms with Crippen LogP contribution < -0.4 is 10.6 Å². The fourth-order valence-corrected chi connectivity index (χ4v) is 3.13. The third kappa shape index (κ3) is 3.40. The number of nitrogens with zero attached hydrogens (tertiary/aromatic N) is 1. The van der Waals surface area contributed by atoms with Crippen molar-refractivity contribution in [2.75, 3.05) is 19.6 Å². The van der Waals surface area contributed by atoms with E-state index in [-0.39, 0.29) is 0 Å². The Morgan fingerprint density at radius 1 is 1.23 bits per heavy atom. The molecule has 0 radical (unpaired) electrons. The lowest BCUT2D eigenvalue weighted by atomic mass is 9.94. The van der Waals surface area contributed by atoms with Crippen molar-refractivity contribution in [2.45, 2.75) is 31.6 Å². The van der Waals surface area contributed by atoms with E-state index in [1.165, 1.54) is 6.20 Å². The van der Waals surface area contributed by atoms with Crippen LogP contribution in [0.25, 0.3) is 0 Å². The summed E-state index contributed by atoms with van der Waals surface area (Å²) in [6.07, 6.45) is 1.26. The van der Waals surface area contributed by atoms with Crippen LogP contribution in [-0.2, 0) is 0 Å². The lowest BCUT2D eigenvalue weighted by molar-refractivity contribution is -0.0963. The quantitative estimate of drug-likeness (QED) is 0.800. The molecule has 0 amide bonds. The maximum absolute atomic E-state index is 13.0. The predicted molar refractivity (Wildman–Crippen MR) is 77.7 cm³/mol. The molecule has 1 aromatic heterocycles. The number of alkyl halides is 3. The maximum atomic E-state index is 13.0. The summed E-state index contributed by atoms with van der Waals surface area (Å²) < 4.78 is 38.9. The van der Waals surface area contributed by atoms with Gasteiger partial charge in [-0.25, -0.2) is 0 Å². The highest BCUT2D eigenvalue weighted by Crippen LogP contribution is 2.34. The highest BCUT2D eigenvalue weighted by atomic mass is 19.4. The Balaban J connectivity index is 1.67. The second kappa shape index (κ2) is 6.24. The van der Waals surface area contributed by atoms with Crippen LogP contribution in [0.3, 0.4) is 0 Å². The molecule has 3 N–H and O–H groups in total. The van der Waals surface area contributed by atoms with Crippen molar-refractivity contribution < 1.29 is 13.2 Å². The largest absolute Gasteiger partial charge is 0.432 e. The molecular formula is C15H21F3N4. The number of rotatable bonds is 4. The Kier molecular flexibility index (Phi) is 4.33. The Labute approximate surface area is 127 Å². The van der Waals surface area contributed by atoms with Crippen molar-refractivity contribution in [1.29, 1.82) is 0 Å². The third-order valence-electron chi connectivity index (χ3n) is 4.40. The Hall–Kier alpha value is -1.63. The van der Waals surface area contributed by atoms with E-state index in [1.54, 1.807) is 17.2 Å². The lowest BCUT2D eigenvalue weighted by Gasteiger charge is -2.28. The Morgan fingerprint density at radius 3 is 2.64 bits per heavy atom. The smallest absolute Gasteiger partial charge is 0.362 e. The van der Waals surface area contributed by atoms with Crippen molar-refractivity contribution in [1.82, 2.24) is 20.5 Å². The van der Waals surface area contributed by atoms with Gasteiger partial charge in [0, 0.05) is 18.9 Å². The number of allylic oxidation sites excluding steroid dienone is 1. The summed E-state index contributed by atoms with van der Waals surface area (Å²) in [7, 11) is 0. The molecule has 1 saturated heterocycles. The van der Waals surface area contributed by atoms with Crippen LogP contribution in [0, 0.1) is 5.92 Å². The fraction of sp³-hybridized carbons (Fsp3) is 0.600. The fourth-order valence-electron chi connectivity index (χ4n) is 3.13. The topological polar surface area (TPSA) is 43.1 Å². The molecule has 0 bridgehead atoms. The lowest BCUT2D eigenvalue weighted by Crippen LogP contribution is -2.33. The normalized spacial score (nSPS) is 23.5. The van der Waals surface area contributed by atoms with Gasteiger partial charge in [0.1, 0.15) is 11.9 Å². The van der Waals surface area contributed by atoms with Crippen molar-refractivity contribution in [3.63, 3.8) is 0 Å². The van der Waals surface area contributed by atoms with Crippen LogP contribution in [0.5, 0.6) is 0 Å². The zero-order chi connectivity index (χ0) is 15.6. The molecule has 0 aromatic carbocycles. The first-order chi connectivity index (χ1) is 10.5. The summed E-state index contributed by atoms with van der Waals surface area (Å²) in [4.78, 5) is 4.76. The number of halogens is 3. The molecule has 4 nitrogen and oxygen atoms in total. The first kappa shape index (κ1) is 15.3. The van der Waals surface area contributed by atoms with Gasteiger partial charge in [-0.1, -0.05) is 0 Å². The number of H-pyrrole nitrogens is 1. The van der Waals surface area contributed by atoms with E-state index in [4.69, 9.17) is 0 Å². The SMILES string of the molecule is FC(F)(F)C1=CN(CCC2CCNCC2)C(c2ccc[nH]2)N1. The number of piperidine rings is 1. The highest BCUT2D eigenvalue weighted by molar-refractivity contribution is 5.20. The molecule has 1 fully saturated rings. The Morgan fingerprint density at radius 2 is 2.00 bits per heavy atom. The summed E-state index contributed by atoms with van der Waals surface area (Å²) in [6, 6.07) is 3.61. The van der Waals surface area contributed by atoms with Gasteiger partial charge in [0.2, 0.25) is 0 Å². The van der Waals surface area contributed by atoms with Crippen molar-refractivity contribution in [3.8, 4) is 0 Å². The molecule has 1 unspecified atom stereocenters. The molecular weight excluding hydrogens is 293 g/mol. The van der Waals surface area contributed by atoms with Crippen LogP contribution in [0.1, 0.15) is 31.1 Å². The highest BCUT2D eigenvalue weighted by Gasteiger charge is 2.41. The van der Waals surface area contributed by atoms with Gasteiger partial charge in [0.25, 0.3) is 0 Å². The van der Waals surface area contributed by atoms with E-state index in [2.05, 4.69) is 15.6 Å². The molecule has 0 saturated carbocycles. The minimum absolute atomic E-state index is 0.464. The monoisotopic (exact) mass is 314 g/mol. The molecule has 22 heavy (non-hydrogen) atoms. The molecule has 122 valence electrons. The number of aromatic nitrogens is 1. The van der Waals surface area contributed by atoms with Gasteiger partial charge >= 0.3 is 6.18 Å². The van der Waals surface area contributed by atoms with E-state index >= 15 is 0 Å².